The Labute approximate surface area is 192 Å². The Balaban J connectivity index is 1.25. The molecule has 0 aromatic carbocycles. The molecule has 8 nitrogen and oxygen atoms in total. The number of anilines is 1. The van der Waals surface area contributed by atoms with Gasteiger partial charge in [-0.1, -0.05) is 6.92 Å². The van der Waals surface area contributed by atoms with E-state index in [0.717, 1.165) is 54.1 Å². The maximum atomic E-state index is 12.3. The summed E-state index contributed by atoms with van der Waals surface area (Å²) >= 11 is 0. The minimum absolute atomic E-state index is 0.0554. The smallest absolute Gasteiger partial charge is 0.228 e. The summed E-state index contributed by atoms with van der Waals surface area (Å²) in [6.45, 7) is 6.25. The highest BCUT2D eigenvalue weighted by atomic mass is 16.6. The van der Waals surface area contributed by atoms with Gasteiger partial charge in [0, 0.05) is 42.0 Å². The number of morpholine rings is 1. The Hall–Kier alpha value is -2.97. The van der Waals surface area contributed by atoms with Crippen LogP contribution < -0.4 is 10.1 Å². The standard InChI is InChI=1S/C25H29N5O3/c1-15-6-20(15)24(31)27-23-9-18-8-17(4-5-30(18)28-23)21-7-16(2)26-11-22(21)32-14-25-10-19(12-33-25)29(3)13-25/h4-5,7-9,11,15,19-20H,6,10,12-14H2,1-3H3,(H,27,28,31)/t15-,19-,20-,25-/m1/s1. The predicted molar refractivity (Wildman–Crippen MR) is 124 cm³/mol. The van der Waals surface area contributed by atoms with Crippen molar-refractivity contribution >= 4 is 17.2 Å². The maximum absolute atomic E-state index is 12.3. The number of amides is 1. The van der Waals surface area contributed by atoms with Gasteiger partial charge < -0.3 is 14.8 Å². The zero-order valence-electron chi connectivity index (χ0n) is 19.2. The van der Waals surface area contributed by atoms with E-state index in [1.807, 2.05) is 31.3 Å². The van der Waals surface area contributed by atoms with Gasteiger partial charge in [0.25, 0.3) is 0 Å². The molecule has 3 aliphatic rings. The van der Waals surface area contributed by atoms with Crippen molar-refractivity contribution in [3.8, 4) is 16.9 Å². The summed E-state index contributed by atoms with van der Waals surface area (Å²) in [4.78, 5) is 19.1. The first-order chi connectivity index (χ1) is 15.9. The monoisotopic (exact) mass is 447 g/mol. The van der Waals surface area contributed by atoms with Crippen LogP contribution in [0.3, 0.4) is 0 Å². The average Bonchev–Trinajstić information content (AvgIpc) is 3.11. The Kier molecular flexibility index (Phi) is 4.71. The van der Waals surface area contributed by atoms with E-state index in [2.05, 4.69) is 40.3 Å². The van der Waals surface area contributed by atoms with E-state index < -0.39 is 0 Å². The summed E-state index contributed by atoms with van der Waals surface area (Å²) in [5.41, 5.74) is 3.60. The van der Waals surface area contributed by atoms with Crippen LogP contribution in [-0.4, -0.2) is 63.9 Å². The molecule has 0 spiro atoms. The number of fused-ring (bicyclic) bond motifs is 3. The van der Waals surface area contributed by atoms with Crippen LogP contribution in [0.15, 0.2) is 36.7 Å². The van der Waals surface area contributed by atoms with Gasteiger partial charge in [0.2, 0.25) is 5.91 Å². The van der Waals surface area contributed by atoms with Crippen LogP contribution in [0.1, 0.15) is 25.5 Å². The van der Waals surface area contributed by atoms with Gasteiger partial charge in [-0.2, -0.15) is 5.10 Å². The van der Waals surface area contributed by atoms with Crippen molar-refractivity contribution in [3.05, 3.63) is 42.4 Å². The topological polar surface area (TPSA) is 81.0 Å². The number of nitrogens with zero attached hydrogens (tertiary/aromatic N) is 4. The number of carbonyl (C=O) groups is 1. The fraction of sp³-hybridized carbons (Fsp3) is 0.480. The molecule has 6 rings (SSSR count). The van der Waals surface area contributed by atoms with Crippen LogP contribution >= 0.6 is 0 Å². The highest BCUT2D eigenvalue weighted by Gasteiger charge is 2.50. The van der Waals surface area contributed by atoms with Crippen LogP contribution in [-0.2, 0) is 9.53 Å². The normalized spacial score (nSPS) is 28.4. The van der Waals surface area contributed by atoms with Crippen LogP contribution in [0.5, 0.6) is 5.75 Å². The average molecular weight is 448 g/mol. The van der Waals surface area contributed by atoms with Gasteiger partial charge in [0.1, 0.15) is 18.0 Å². The summed E-state index contributed by atoms with van der Waals surface area (Å²) < 4.78 is 14.2. The number of nitrogens with one attached hydrogen (secondary N) is 1. The van der Waals surface area contributed by atoms with Crippen LogP contribution in [0.25, 0.3) is 16.6 Å². The van der Waals surface area contributed by atoms with E-state index in [-0.39, 0.29) is 17.4 Å². The van der Waals surface area contributed by atoms with Gasteiger partial charge in [0.05, 0.1) is 18.3 Å². The number of carbonyl (C=O) groups excluding carboxylic acids is 1. The molecular weight excluding hydrogens is 418 g/mol. The number of aromatic nitrogens is 3. The zero-order chi connectivity index (χ0) is 22.7. The van der Waals surface area contributed by atoms with Crippen LogP contribution in [0.2, 0.25) is 0 Å². The summed E-state index contributed by atoms with van der Waals surface area (Å²) in [7, 11) is 2.15. The number of hydrogen-bond acceptors (Lipinski definition) is 6. The fourth-order valence-electron chi connectivity index (χ4n) is 5.17. The predicted octanol–water partition coefficient (Wildman–Crippen LogP) is 3.15. The fourth-order valence-corrected chi connectivity index (χ4v) is 5.17. The van der Waals surface area contributed by atoms with E-state index in [1.54, 1.807) is 10.7 Å². The quantitative estimate of drug-likeness (QED) is 0.625. The van der Waals surface area contributed by atoms with E-state index in [0.29, 0.717) is 24.4 Å². The van der Waals surface area contributed by atoms with Crippen LogP contribution in [0, 0.1) is 18.8 Å². The maximum Gasteiger partial charge on any atom is 0.228 e. The van der Waals surface area contributed by atoms with Gasteiger partial charge in [0.15, 0.2) is 5.82 Å². The van der Waals surface area contributed by atoms with E-state index in [9.17, 15) is 4.79 Å². The molecule has 1 aliphatic carbocycles. The lowest BCUT2D eigenvalue weighted by atomic mass is 10.0. The summed E-state index contributed by atoms with van der Waals surface area (Å²) in [5, 5.41) is 7.45. The number of rotatable bonds is 6. The Morgan fingerprint density at radius 2 is 2.21 bits per heavy atom. The van der Waals surface area contributed by atoms with Gasteiger partial charge >= 0.3 is 0 Å². The molecule has 33 heavy (non-hydrogen) atoms. The molecule has 8 heteroatoms. The van der Waals surface area contributed by atoms with Crippen molar-refractivity contribution in [2.75, 3.05) is 32.1 Å². The first-order valence-corrected chi connectivity index (χ1v) is 11.6. The molecule has 2 saturated heterocycles. The lowest BCUT2D eigenvalue weighted by molar-refractivity contribution is -0.117. The molecule has 4 atom stereocenters. The van der Waals surface area contributed by atoms with Gasteiger partial charge in [-0.3, -0.25) is 14.7 Å². The Morgan fingerprint density at radius 1 is 1.36 bits per heavy atom. The van der Waals surface area contributed by atoms with Crippen molar-refractivity contribution < 1.29 is 14.3 Å². The van der Waals surface area contributed by atoms with Gasteiger partial charge in [-0.05, 0) is 56.5 Å². The van der Waals surface area contributed by atoms with Gasteiger partial charge in [-0.25, -0.2) is 4.52 Å². The minimum Gasteiger partial charge on any atom is -0.488 e. The van der Waals surface area contributed by atoms with E-state index in [1.165, 1.54) is 0 Å². The second-order valence-electron chi connectivity index (χ2n) is 10.0. The highest BCUT2D eigenvalue weighted by molar-refractivity contribution is 5.94. The lowest BCUT2D eigenvalue weighted by Gasteiger charge is -2.30. The molecule has 3 fully saturated rings. The number of likely N-dealkylation sites (N-methyl/N-ethyl adjacent to an activating group) is 1. The van der Waals surface area contributed by atoms with Crippen molar-refractivity contribution in [1.82, 2.24) is 19.5 Å². The molecule has 0 radical (unpaired) electrons. The zero-order valence-corrected chi connectivity index (χ0v) is 19.2. The summed E-state index contributed by atoms with van der Waals surface area (Å²) in [6.07, 6.45) is 5.68. The third kappa shape index (κ3) is 3.77. The number of hydrogen-bond donors (Lipinski definition) is 1. The Morgan fingerprint density at radius 3 is 2.94 bits per heavy atom. The number of ether oxygens (including phenoxy) is 2. The van der Waals surface area contributed by atoms with E-state index >= 15 is 0 Å². The summed E-state index contributed by atoms with van der Waals surface area (Å²) in [5.74, 6) is 1.96. The molecule has 2 aliphatic heterocycles. The SMILES string of the molecule is Cc1cc(-c2ccn3nc(NC(=O)[C@@H]4C[C@H]4C)cc3c2)c(OC[C@]23C[C@H](CO2)N(C)C3)cn1. The molecule has 2 bridgehead atoms. The Bertz CT molecular complexity index is 1240. The number of aryl methyl sites for hydroxylation is 1. The summed E-state index contributed by atoms with van der Waals surface area (Å²) in [6, 6.07) is 8.52. The van der Waals surface area contributed by atoms with E-state index in [4.69, 9.17) is 9.47 Å². The molecular formula is C25H29N5O3. The van der Waals surface area contributed by atoms with Crippen molar-refractivity contribution in [1.29, 1.82) is 0 Å². The molecule has 1 saturated carbocycles. The van der Waals surface area contributed by atoms with Crippen LogP contribution in [0.4, 0.5) is 5.82 Å². The number of pyridine rings is 2. The molecule has 0 unspecified atom stereocenters. The molecule has 1 amide bonds. The molecule has 1 N–H and O–H groups in total. The van der Waals surface area contributed by atoms with Crippen molar-refractivity contribution in [2.24, 2.45) is 11.8 Å². The van der Waals surface area contributed by atoms with Crippen molar-refractivity contribution in [2.45, 2.75) is 38.3 Å². The third-order valence-electron chi connectivity index (χ3n) is 7.32. The van der Waals surface area contributed by atoms with Crippen molar-refractivity contribution in [3.63, 3.8) is 0 Å². The first-order valence-electron chi connectivity index (χ1n) is 11.6. The molecule has 3 aromatic rings. The highest BCUT2D eigenvalue weighted by Crippen LogP contribution is 2.39. The lowest BCUT2D eigenvalue weighted by Crippen LogP contribution is -2.44. The second kappa shape index (κ2) is 7.53. The molecule has 5 heterocycles. The molecule has 172 valence electrons. The largest absolute Gasteiger partial charge is 0.488 e. The minimum atomic E-state index is -0.233. The number of likely N-dealkylation sites (tertiary alicyclic amines) is 1. The van der Waals surface area contributed by atoms with Gasteiger partial charge in [-0.15, -0.1) is 0 Å². The third-order valence-corrected chi connectivity index (χ3v) is 7.32. The molecule has 3 aromatic heterocycles. The second-order valence-corrected chi connectivity index (χ2v) is 10.0. The first kappa shape index (κ1) is 20.6.